The van der Waals surface area contributed by atoms with Crippen molar-refractivity contribution in [2.24, 2.45) is 5.14 Å². The molecule has 0 radical (unpaired) electrons. The van der Waals surface area contributed by atoms with Gasteiger partial charge in [-0.25, -0.2) is 13.6 Å². The van der Waals surface area contributed by atoms with Crippen LogP contribution in [0.4, 0.5) is 13.2 Å². The fourth-order valence-corrected chi connectivity index (χ4v) is 2.10. The third-order valence-corrected chi connectivity index (χ3v) is 3.69. The monoisotopic (exact) mass is 203 g/mol. The van der Waals surface area contributed by atoms with Crippen LogP contribution < -0.4 is 5.14 Å². The van der Waals surface area contributed by atoms with Crippen LogP contribution in [0.25, 0.3) is 0 Å². The maximum Gasteiger partial charge on any atom is 0.390 e. The first-order chi connectivity index (χ1) is 5.16. The first-order valence-corrected chi connectivity index (χ1v) is 4.80. The number of alkyl halides is 3. The maximum atomic E-state index is 11.8. The first kappa shape index (κ1) is 9.79. The number of rotatable bonds is 2. The van der Waals surface area contributed by atoms with E-state index in [0.717, 1.165) is 0 Å². The van der Waals surface area contributed by atoms with Crippen LogP contribution in [0.2, 0.25) is 0 Å². The standard InChI is InChI=1S/C5H8F3NO2S/c6-5(7,8)3-4(1-2-4)12(9,10)11/h1-3H2,(H2,9,10,11). The average molecular weight is 203 g/mol. The summed E-state index contributed by atoms with van der Waals surface area (Å²) < 4.78 is 55.0. The van der Waals surface area contributed by atoms with Gasteiger partial charge in [-0.3, -0.25) is 0 Å². The lowest BCUT2D eigenvalue weighted by Crippen LogP contribution is -2.34. The number of halogens is 3. The van der Waals surface area contributed by atoms with E-state index < -0.39 is 27.4 Å². The van der Waals surface area contributed by atoms with Gasteiger partial charge in [-0.2, -0.15) is 13.2 Å². The minimum Gasteiger partial charge on any atom is -0.228 e. The molecule has 0 saturated heterocycles. The van der Waals surface area contributed by atoms with Gasteiger partial charge < -0.3 is 0 Å². The molecule has 7 heteroatoms. The van der Waals surface area contributed by atoms with E-state index in [-0.39, 0.29) is 12.8 Å². The van der Waals surface area contributed by atoms with Crippen molar-refractivity contribution in [2.45, 2.75) is 30.2 Å². The first-order valence-electron chi connectivity index (χ1n) is 3.25. The zero-order valence-corrected chi connectivity index (χ0v) is 6.87. The molecular formula is C5H8F3NO2S. The van der Waals surface area contributed by atoms with E-state index in [4.69, 9.17) is 0 Å². The molecular weight excluding hydrogens is 195 g/mol. The van der Waals surface area contributed by atoms with Gasteiger partial charge in [0, 0.05) is 0 Å². The van der Waals surface area contributed by atoms with Crippen molar-refractivity contribution in [1.29, 1.82) is 0 Å². The summed E-state index contributed by atoms with van der Waals surface area (Å²) in [4.78, 5) is 0. The summed E-state index contributed by atoms with van der Waals surface area (Å²) >= 11 is 0. The van der Waals surface area contributed by atoms with Crippen molar-refractivity contribution in [2.75, 3.05) is 0 Å². The van der Waals surface area contributed by atoms with Crippen LogP contribution in [0.1, 0.15) is 19.3 Å². The van der Waals surface area contributed by atoms with Crippen LogP contribution in [0.15, 0.2) is 0 Å². The number of hydrogen-bond acceptors (Lipinski definition) is 2. The molecule has 3 nitrogen and oxygen atoms in total. The predicted molar refractivity (Wildman–Crippen MR) is 35.7 cm³/mol. The molecule has 1 aliphatic carbocycles. The van der Waals surface area contributed by atoms with E-state index in [9.17, 15) is 21.6 Å². The molecule has 0 aromatic heterocycles. The largest absolute Gasteiger partial charge is 0.390 e. The molecule has 72 valence electrons. The summed E-state index contributed by atoms with van der Waals surface area (Å²) in [5.74, 6) is 0. The average Bonchev–Trinajstić information content (AvgIpc) is 2.39. The molecule has 0 aliphatic heterocycles. The van der Waals surface area contributed by atoms with Gasteiger partial charge in [0.25, 0.3) is 0 Å². The Bertz CT molecular complexity index is 278. The highest BCUT2D eigenvalue weighted by Crippen LogP contribution is 2.49. The Morgan fingerprint density at radius 1 is 1.33 bits per heavy atom. The fraction of sp³-hybridized carbons (Fsp3) is 1.00. The second-order valence-corrected chi connectivity index (χ2v) is 4.98. The quantitative estimate of drug-likeness (QED) is 0.720. The zero-order valence-electron chi connectivity index (χ0n) is 6.06. The summed E-state index contributed by atoms with van der Waals surface area (Å²) in [7, 11) is -4.04. The molecule has 12 heavy (non-hydrogen) atoms. The van der Waals surface area contributed by atoms with Crippen molar-refractivity contribution >= 4 is 10.0 Å². The van der Waals surface area contributed by atoms with Crippen molar-refractivity contribution in [3.05, 3.63) is 0 Å². The van der Waals surface area contributed by atoms with Crippen molar-refractivity contribution in [1.82, 2.24) is 0 Å². The molecule has 2 N–H and O–H groups in total. The third kappa shape index (κ3) is 1.89. The van der Waals surface area contributed by atoms with E-state index in [1.54, 1.807) is 0 Å². The minimum absolute atomic E-state index is 0.0192. The van der Waals surface area contributed by atoms with E-state index in [2.05, 4.69) is 5.14 Å². The lowest BCUT2D eigenvalue weighted by Gasteiger charge is -2.14. The lowest BCUT2D eigenvalue weighted by atomic mass is 10.3. The highest BCUT2D eigenvalue weighted by molar-refractivity contribution is 7.90. The third-order valence-electron chi connectivity index (χ3n) is 1.93. The van der Waals surface area contributed by atoms with Gasteiger partial charge in [0.15, 0.2) is 0 Å². The number of primary sulfonamides is 1. The van der Waals surface area contributed by atoms with Crippen molar-refractivity contribution in [3.8, 4) is 0 Å². The molecule has 1 fully saturated rings. The van der Waals surface area contributed by atoms with Crippen molar-refractivity contribution < 1.29 is 21.6 Å². The van der Waals surface area contributed by atoms with Gasteiger partial charge in [-0.1, -0.05) is 0 Å². The van der Waals surface area contributed by atoms with Crippen LogP contribution in [0, 0.1) is 0 Å². The topological polar surface area (TPSA) is 60.2 Å². The molecule has 1 saturated carbocycles. The number of nitrogens with two attached hydrogens (primary N) is 1. The lowest BCUT2D eigenvalue weighted by molar-refractivity contribution is -0.136. The second-order valence-electron chi connectivity index (χ2n) is 3.02. The van der Waals surface area contributed by atoms with Gasteiger partial charge in [-0.05, 0) is 12.8 Å². The minimum atomic E-state index is -4.46. The Morgan fingerprint density at radius 2 is 1.75 bits per heavy atom. The summed E-state index contributed by atoms with van der Waals surface area (Å²) in [5.41, 5.74) is 0. The Morgan fingerprint density at radius 3 is 1.83 bits per heavy atom. The second kappa shape index (κ2) is 2.35. The van der Waals surface area contributed by atoms with E-state index in [0.29, 0.717) is 0 Å². The van der Waals surface area contributed by atoms with Gasteiger partial charge in [0.2, 0.25) is 10.0 Å². The van der Waals surface area contributed by atoms with Gasteiger partial charge in [0.1, 0.15) is 0 Å². The highest BCUT2D eigenvalue weighted by Gasteiger charge is 2.58. The van der Waals surface area contributed by atoms with Crippen LogP contribution in [0.5, 0.6) is 0 Å². The normalized spacial score (nSPS) is 22.3. The Hall–Kier alpha value is -0.300. The summed E-state index contributed by atoms with van der Waals surface area (Å²) in [5, 5.41) is 4.66. The van der Waals surface area contributed by atoms with E-state index in [1.165, 1.54) is 0 Å². The Balaban J connectivity index is 2.77. The number of sulfonamides is 1. The van der Waals surface area contributed by atoms with Crippen LogP contribution in [-0.2, 0) is 10.0 Å². The predicted octanol–water partition coefficient (Wildman–Crippen LogP) is 0.760. The molecule has 0 aromatic carbocycles. The van der Waals surface area contributed by atoms with E-state index >= 15 is 0 Å². The molecule has 0 bridgehead atoms. The summed E-state index contributed by atoms with van der Waals surface area (Å²) in [6.45, 7) is 0. The molecule has 1 aliphatic rings. The van der Waals surface area contributed by atoms with Crippen molar-refractivity contribution in [3.63, 3.8) is 0 Å². The fourth-order valence-electron chi connectivity index (χ4n) is 1.07. The van der Waals surface area contributed by atoms with Gasteiger partial charge in [-0.15, -0.1) is 0 Å². The smallest absolute Gasteiger partial charge is 0.228 e. The van der Waals surface area contributed by atoms with Crippen LogP contribution >= 0.6 is 0 Å². The SMILES string of the molecule is NS(=O)(=O)C1(CC(F)(F)F)CC1. The molecule has 0 spiro atoms. The zero-order chi connectivity index (χ0) is 9.62. The molecule has 1 rings (SSSR count). The van der Waals surface area contributed by atoms with Gasteiger partial charge >= 0.3 is 6.18 Å². The van der Waals surface area contributed by atoms with Crippen LogP contribution in [0.3, 0.4) is 0 Å². The van der Waals surface area contributed by atoms with E-state index in [1.807, 2.05) is 0 Å². The molecule has 0 amide bonds. The maximum absolute atomic E-state index is 11.8. The summed E-state index contributed by atoms with van der Waals surface area (Å²) in [6.07, 6.45) is -5.74. The molecule has 0 heterocycles. The Kier molecular flexibility index (Phi) is 1.92. The molecule has 0 atom stereocenters. The van der Waals surface area contributed by atoms with Gasteiger partial charge in [0.05, 0.1) is 11.2 Å². The Labute approximate surface area is 67.8 Å². The molecule has 0 unspecified atom stereocenters. The molecule has 0 aromatic rings. The van der Waals surface area contributed by atoms with Crippen LogP contribution in [-0.4, -0.2) is 19.3 Å². The number of hydrogen-bond donors (Lipinski definition) is 1. The highest BCUT2D eigenvalue weighted by atomic mass is 32.2. The summed E-state index contributed by atoms with van der Waals surface area (Å²) in [6, 6.07) is 0.